The molecule has 1 aliphatic rings. The number of halogens is 1. The largest absolute Gasteiger partial charge is 0.536 e. The molecule has 0 aromatic rings. The average Bonchev–Trinajstić information content (AvgIpc) is 2.45. The van der Waals surface area contributed by atoms with Gasteiger partial charge in [0.1, 0.15) is 18.3 Å². The molecule has 15 heavy (non-hydrogen) atoms. The van der Waals surface area contributed by atoms with Gasteiger partial charge in [0.2, 0.25) is 0 Å². The molecule has 0 spiro atoms. The zero-order valence-corrected chi connectivity index (χ0v) is 9.03. The van der Waals surface area contributed by atoms with Gasteiger partial charge >= 0.3 is 12.3 Å². The van der Waals surface area contributed by atoms with Crippen molar-refractivity contribution in [2.24, 2.45) is 0 Å². The van der Waals surface area contributed by atoms with Crippen molar-refractivity contribution >= 4 is 6.09 Å². The number of quaternary nitrogens is 1. The maximum absolute atomic E-state index is 12.9. The van der Waals surface area contributed by atoms with Gasteiger partial charge in [-0.15, -0.1) is 5.26 Å². The number of ether oxygens (including phenoxy) is 1. The minimum atomic E-state index is -1.27. The minimum Gasteiger partial charge on any atom is -0.413 e. The Morgan fingerprint density at radius 1 is 1.67 bits per heavy atom. The SMILES string of the molecule is CC(C)(C)OC(=O)[N+]1(C#N)C=C[C@@H](F)C1. The van der Waals surface area contributed by atoms with Crippen LogP contribution in [-0.2, 0) is 4.74 Å². The van der Waals surface area contributed by atoms with Gasteiger partial charge in [0, 0.05) is 6.08 Å². The Morgan fingerprint density at radius 2 is 2.27 bits per heavy atom. The van der Waals surface area contributed by atoms with Crippen molar-refractivity contribution < 1.29 is 18.4 Å². The Hall–Kier alpha value is -1.41. The van der Waals surface area contributed by atoms with Crippen molar-refractivity contribution in [2.75, 3.05) is 6.54 Å². The second kappa shape index (κ2) is 3.63. The fourth-order valence-corrected chi connectivity index (χ4v) is 1.23. The van der Waals surface area contributed by atoms with E-state index in [0.29, 0.717) is 0 Å². The van der Waals surface area contributed by atoms with E-state index in [1.54, 1.807) is 27.0 Å². The van der Waals surface area contributed by atoms with E-state index in [-0.39, 0.29) is 6.54 Å². The van der Waals surface area contributed by atoms with Gasteiger partial charge in [-0.3, -0.25) is 0 Å². The number of nitrogens with zero attached hydrogens (tertiary/aromatic N) is 2. The van der Waals surface area contributed by atoms with E-state index in [4.69, 9.17) is 10.00 Å². The van der Waals surface area contributed by atoms with E-state index in [2.05, 4.69) is 0 Å². The number of nitriles is 1. The number of rotatable bonds is 0. The fourth-order valence-electron chi connectivity index (χ4n) is 1.23. The molecule has 2 atom stereocenters. The van der Waals surface area contributed by atoms with E-state index in [1.807, 2.05) is 0 Å². The van der Waals surface area contributed by atoms with Gasteiger partial charge in [0.15, 0.2) is 6.17 Å². The lowest BCUT2D eigenvalue weighted by atomic mass is 10.2. The van der Waals surface area contributed by atoms with Crippen LogP contribution in [0, 0.1) is 11.5 Å². The lowest BCUT2D eigenvalue weighted by molar-refractivity contribution is -0.734. The molecule has 1 rings (SSSR count). The number of amides is 1. The first kappa shape index (κ1) is 11.7. The van der Waals surface area contributed by atoms with Crippen molar-refractivity contribution in [1.29, 1.82) is 5.26 Å². The summed E-state index contributed by atoms with van der Waals surface area (Å²) < 4.78 is 17.3. The summed E-state index contributed by atoms with van der Waals surface area (Å²) >= 11 is 0. The summed E-state index contributed by atoms with van der Waals surface area (Å²) in [5.74, 6) is 0. The third-order valence-electron chi connectivity index (χ3n) is 1.91. The highest BCUT2D eigenvalue weighted by Crippen LogP contribution is 2.23. The van der Waals surface area contributed by atoms with Crippen molar-refractivity contribution in [2.45, 2.75) is 32.5 Å². The molecule has 0 aliphatic carbocycles. The highest BCUT2D eigenvalue weighted by molar-refractivity contribution is 5.62. The molecular weight excluding hydrogens is 199 g/mol. The van der Waals surface area contributed by atoms with Crippen LogP contribution in [0.4, 0.5) is 9.18 Å². The molecule has 0 aromatic carbocycles. The molecule has 0 aromatic heterocycles. The maximum Gasteiger partial charge on any atom is 0.536 e. The standard InChI is InChI=1S/C10H14FN2O2/c1-10(2,3)15-9(14)13(7-12)5-4-8(11)6-13/h4-5,8H,6H2,1-3H3/q+1/t8-,13?/m1/s1. The summed E-state index contributed by atoms with van der Waals surface area (Å²) in [6, 6.07) is 0. The van der Waals surface area contributed by atoms with Crippen molar-refractivity contribution in [3.05, 3.63) is 12.3 Å². The lowest BCUT2D eigenvalue weighted by Gasteiger charge is -2.24. The number of alkyl halides is 1. The Balaban J connectivity index is 2.83. The molecule has 82 valence electrons. The van der Waals surface area contributed by atoms with E-state index < -0.39 is 22.3 Å². The smallest absolute Gasteiger partial charge is 0.413 e. The van der Waals surface area contributed by atoms with Crippen LogP contribution in [0.1, 0.15) is 20.8 Å². The summed E-state index contributed by atoms with van der Waals surface area (Å²) in [5.41, 5.74) is -0.679. The number of hydrogen-bond acceptors (Lipinski definition) is 3. The normalized spacial score (nSPS) is 29.9. The van der Waals surface area contributed by atoms with Crippen LogP contribution < -0.4 is 0 Å². The fraction of sp³-hybridized carbons (Fsp3) is 0.600. The summed E-state index contributed by atoms with van der Waals surface area (Å²) in [5, 5.41) is 8.91. The molecule has 1 aliphatic heterocycles. The van der Waals surface area contributed by atoms with Gasteiger partial charge in [0.25, 0.3) is 0 Å². The van der Waals surface area contributed by atoms with Crippen LogP contribution in [0.5, 0.6) is 0 Å². The molecule has 0 N–H and O–H groups in total. The van der Waals surface area contributed by atoms with Crippen LogP contribution in [0.3, 0.4) is 0 Å². The topological polar surface area (TPSA) is 50.1 Å². The van der Waals surface area contributed by atoms with Crippen LogP contribution in [0.15, 0.2) is 12.3 Å². The predicted octanol–water partition coefficient (Wildman–Crippen LogP) is 2.08. The zero-order valence-electron chi connectivity index (χ0n) is 9.03. The van der Waals surface area contributed by atoms with Gasteiger partial charge < -0.3 is 4.74 Å². The number of carbonyl (C=O) groups excluding carboxylic acids is 1. The van der Waals surface area contributed by atoms with E-state index in [9.17, 15) is 9.18 Å². The molecule has 0 fully saturated rings. The summed E-state index contributed by atoms with van der Waals surface area (Å²) in [6.07, 6.45) is 2.20. The van der Waals surface area contributed by atoms with Gasteiger partial charge in [0.05, 0.1) is 0 Å². The maximum atomic E-state index is 12.9. The molecule has 0 bridgehead atoms. The van der Waals surface area contributed by atoms with Crippen LogP contribution in [0.2, 0.25) is 0 Å². The van der Waals surface area contributed by atoms with E-state index in [1.165, 1.54) is 12.3 Å². The first-order valence-electron chi connectivity index (χ1n) is 4.65. The summed E-state index contributed by atoms with van der Waals surface area (Å²) in [7, 11) is 0. The second-order valence-corrected chi connectivity index (χ2v) is 4.49. The van der Waals surface area contributed by atoms with Crippen molar-refractivity contribution in [3.8, 4) is 6.19 Å². The summed E-state index contributed by atoms with van der Waals surface area (Å²) in [6.45, 7) is 4.90. The Kier molecular flexibility index (Phi) is 2.82. The van der Waals surface area contributed by atoms with E-state index in [0.717, 1.165) is 0 Å². The molecule has 1 amide bonds. The molecule has 0 saturated carbocycles. The number of hydrogen-bond donors (Lipinski definition) is 0. The minimum absolute atomic E-state index is 0.203. The lowest BCUT2D eigenvalue weighted by Crippen LogP contribution is -2.46. The van der Waals surface area contributed by atoms with Gasteiger partial charge in [-0.2, -0.15) is 4.79 Å². The third kappa shape index (κ3) is 2.54. The third-order valence-corrected chi connectivity index (χ3v) is 1.91. The Bertz CT molecular complexity index is 340. The Labute approximate surface area is 88.1 Å². The first-order chi connectivity index (χ1) is 6.79. The van der Waals surface area contributed by atoms with E-state index >= 15 is 0 Å². The first-order valence-corrected chi connectivity index (χ1v) is 4.65. The summed E-state index contributed by atoms with van der Waals surface area (Å²) in [4.78, 5) is 11.7. The van der Waals surface area contributed by atoms with Gasteiger partial charge in [-0.1, -0.05) is 4.48 Å². The molecule has 1 heterocycles. The van der Waals surface area contributed by atoms with Crippen molar-refractivity contribution in [1.82, 2.24) is 0 Å². The highest BCUT2D eigenvalue weighted by atomic mass is 19.1. The second-order valence-electron chi connectivity index (χ2n) is 4.49. The van der Waals surface area contributed by atoms with Gasteiger partial charge in [-0.05, 0) is 20.8 Å². The molecule has 4 nitrogen and oxygen atoms in total. The predicted molar refractivity (Wildman–Crippen MR) is 51.0 cm³/mol. The molecule has 1 unspecified atom stereocenters. The molecule has 5 heteroatoms. The van der Waals surface area contributed by atoms with Crippen molar-refractivity contribution in [3.63, 3.8) is 0 Å². The zero-order chi connectivity index (χ0) is 11.7. The average molecular weight is 213 g/mol. The van der Waals surface area contributed by atoms with Crippen LogP contribution in [0.25, 0.3) is 0 Å². The van der Waals surface area contributed by atoms with Gasteiger partial charge in [-0.25, -0.2) is 4.39 Å². The Morgan fingerprint density at radius 3 is 2.60 bits per heavy atom. The monoisotopic (exact) mass is 213 g/mol. The molecule has 0 saturated heterocycles. The quantitative estimate of drug-likeness (QED) is 0.457. The molecule has 0 radical (unpaired) electrons. The molecular formula is C10H14FN2O2+. The van der Waals surface area contributed by atoms with Crippen LogP contribution >= 0.6 is 0 Å². The highest BCUT2D eigenvalue weighted by Gasteiger charge is 2.46. The number of carbonyl (C=O) groups is 1. The van der Waals surface area contributed by atoms with Crippen LogP contribution in [-0.4, -0.2) is 28.9 Å².